The highest BCUT2D eigenvalue weighted by Crippen LogP contribution is 2.18. The molecule has 2 N–H and O–H groups in total. The van der Waals surface area contributed by atoms with E-state index in [1.54, 1.807) is 6.07 Å². The van der Waals surface area contributed by atoms with Crippen LogP contribution in [0.15, 0.2) is 18.2 Å². The highest BCUT2D eigenvalue weighted by Gasteiger charge is 2.27. The molecule has 1 aliphatic heterocycles. The van der Waals surface area contributed by atoms with Crippen LogP contribution in [0, 0.1) is 5.82 Å². The predicted molar refractivity (Wildman–Crippen MR) is 71.5 cm³/mol. The van der Waals surface area contributed by atoms with Gasteiger partial charge in [-0.25, -0.2) is 4.39 Å². The van der Waals surface area contributed by atoms with E-state index < -0.39 is 12.9 Å². The Morgan fingerprint density at radius 1 is 1.37 bits per heavy atom. The molecule has 0 aliphatic carbocycles. The first-order valence-corrected chi connectivity index (χ1v) is 6.37. The fourth-order valence-electron chi connectivity index (χ4n) is 2.42. The van der Waals surface area contributed by atoms with Crippen LogP contribution in [0.1, 0.15) is 19.4 Å². The fourth-order valence-corrected chi connectivity index (χ4v) is 2.42. The van der Waals surface area contributed by atoms with Crippen LogP contribution in [0.4, 0.5) is 4.39 Å². The molecule has 19 heavy (non-hydrogen) atoms. The van der Waals surface area contributed by atoms with Crippen molar-refractivity contribution in [2.24, 2.45) is 0 Å². The summed E-state index contributed by atoms with van der Waals surface area (Å²) in [7, 11) is -1.64. The lowest BCUT2D eigenvalue weighted by Gasteiger charge is -2.38. The molecule has 1 aromatic rings. The molecule has 0 radical (unpaired) electrons. The zero-order valence-electron chi connectivity index (χ0n) is 11.3. The Morgan fingerprint density at radius 2 is 2.11 bits per heavy atom. The van der Waals surface area contributed by atoms with Crippen molar-refractivity contribution in [1.82, 2.24) is 4.90 Å². The molecule has 4 nitrogen and oxygen atoms in total. The van der Waals surface area contributed by atoms with Crippen LogP contribution in [0.25, 0.3) is 0 Å². The molecule has 0 bridgehead atoms. The maximum Gasteiger partial charge on any atom is 0.488 e. The van der Waals surface area contributed by atoms with E-state index in [0.717, 1.165) is 24.7 Å². The van der Waals surface area contributed by atoms with E-state index in [2.05, 4.69) is 4.90 Å². The van der Waals surface area contributed by atoms with Crippen molar-refractivity contribution in [3.8, 4) is 0 Å². The number of morpholine rings is 1. The van der Waals surface area contributed by atoms with Crippen molar-refractivity contribution < 1.29 is 19.2 Å². The van der Waals surface area contributed by atoms with Crippen molar-refractivity contribution >= 4 is 12.6 Å². The van der Waals surface area contributed by atoms with Crippen LogP contribution in [-0.2, 0) is 11.3 Å². The van der Waals surface area contributed by atoms with Crippen molar-refractivity contribution in [2.45, 2.75) is 26.0 Å². The largest absolute Gasteiger partial charge is 0.488 e. The third-order valence-electron chi connectivity index (χ3n) is 3.19. The van der Waals surface area contributed by atoms with Gasteiger partial charge in [0.25, 0.3) is 0 Å². The van der Waals surface area contributed by atoms with Gasteiger partial charge in [-0.1, -0.05) is 6.07 Å². The van der Waals surface area contributed by atoms with Crippen LogP contribution < -0.4 is 5.46 Å². The zero-order chi connectivity index (χ0) is 14.0. The van der Waals surface area contributed by atoms with Gasteiger partial charge in [-0.2, -0.15) is 0 Å². The van der Waals surface area contributed by atoms with Crippen molar-refractivity contribution in [3.05, 3.63) is 29.6 Å². The van der Waals surface area contributed by atoms with E-state index in [0.29, 0.717) is 13.2 Å². The van der Waals surface area contributed by atoms with E-state index in [-0.39, 0.29) is 11.1 Å². The lowest BCUT2D eigenvalue weighted by Crippen LogP contribution is -2.47. The summed E-state index contributed by atoms with van der Waals surface area (Å²) < 4.78 is 19.1. The van der Waals surface area contributed by atoms with Gasteiger partial charge in [0.1, 0.15) is 5.82 Å². The van der Waals surface area contributed by atoms with E-state index in [4.69, 9.17) is 14.8 Å². The zero-order valence-corrected chi connectivity index (χ0v) is 11.3. The van der Waals surface area contributed by atoms with Crippen molar-refractivity contribution in [2.75, 3.05) is 19.7 Å². The lowest BCUT2D eigenvalue weighted by molar-refractivity contribution is -0.0882. The first kappa shape index (κ1) is 14.5. The second-order valence-electron chi connectivity index (χ2n) is 5.59. The van der Waals surface area contributed by atoms with Crippen LogP contribution in [0.2, 0.25) is 0 Å². The average Bonchev–Trinajstić information content (AvgIpc) is 2.26. The minimum atomic E-state index is -1.64. The monoisotopic (exact) mass is 267 g/mol. The number of ether oxygens (including phenoxy) is 1. The van der Waals surface area contributed by atoms with Gasteiger partial charge in [0.2, 0.25) is 0 Å². The normalized spacial score (nSPS) is 19.4. The van der Waals surface area contributed by atoms with E-state index in [1.165, 1.54) is 6.07 Å². The smallest absolute Gasteiger partial charge is 0.423 e. The number of rotatable bonds is 3. The summed E-state index contributed by atoms with van der Waals surface area (Å²) in [5.74, 6) is -0.451. The van der Waals surface area contributed by atoms with E-state index in [1.807, 2.05) is 13.8 Å². The van der Waals surface area contributed by atoms with Gasteiger partial charge < -0.3 is 14.8 Å². The Kier molecular flexibility index (Phi) is 4.25. The topological polar surface area (TPSA) is 52.9 Å². The molecular formula is C13H19BFNO3. The SMILES string of the molecule is CC1(C)CN(Cc2cc(F)cc(B(O)O)c2)CCO1. The number of halogens is 1. The minimum absolute atomic E-state index is 0.183. The van der Waals surface area contributed by atoms with Crippen LogP contribution in [0.3, 0.4) is 0 Å². The fraction of sp³-hybridized carbons (Fsp3) is 0.538. The lowest BCUT2D eigenvalue weighted by atomic mass is 9.79. The summed E-state index contributed by atoms with van der Waals surface area (Å²) in [4.78, 5) is 2.17. The first-order chi connectivity index (χ1) is 8.85. The Bertz CT molecular complexity index is 454. The molecule has 0 spiro atoms. The summed E-state index contributed by atoms with van der Waals surface area (Å²) in [6.07, 6.45) is 0. The summed E-state index contributed by atoms with van der Waals surface area (Å²) in [5.41, 5.74) is 0.716. The van der Waals surface area contributed by atoms with Crippen LogP contribution in [-0.4, -0.2) is 47.4 Å². The maximum atomic E-state index is 13.4. The molecule has 0 amide bonds. The molecule has 6 heteroatoms. The first-order valence-electron chi connectivity index (χ1n) is 6.37. The van der Waals surface area contributed by atoms with Gasteiger partial charge >= 0.3 is 7.12 Å². The highest BCUT2D eigenvalue weighted by molar-refractivity contribution is 6.58. The molecule has 1 aliphatic rings. The minimum Gasteiger partial charge on any atom is -0.423 e. The molecule has 104 valence electrons. The molecule has 0 atom stereocenters. The quantitative estimate of drug-likeness (QED) is 0.764. The molecule has 1 fully saturated rings. The van der Waals surface area contributed by atoms with Gasteiger partial charge in [-0.3, -0.25) is 4.90 Å². The summed E-state index contributed by atoms with van der Waals surface area (Å²) in [6, 6.07) is 4.18. The van der Waals surface area contributed by atoms with Crippen LogP contribution >= 0.6 is 0 Å². The third-order valence-corrected chi connectivity index (χ3v) is 3.19. The number of hydrogen-bond acceptors (Lipinski definition) is 4. The van der Waals surface area contributed by atoms with E-state index >= 15 is 0 Å². The predicted octanol–water partition coefficient (Wildman–Crippen LogP) is 0.116. The number of benzene rings is 1. The molecule has 1 heterocycles. The standard InChI is InChI=1S/C13H19BFNO3/c1-13(2)9-16(3-4-19-13)8-10-5-11(14(17)18)7-12(15)6-10/h5-7,17-18H,3-4,8-9H2,1-2H3. The third kappa shape index (κ3) is 4.01. The Morgan fingerprint density at radius 3 is 2.74 bits per heavy atom. The molecule has 2 rings (SSSR count). The van der Waals surface area contributed by atoms with Gasteiger partial charge in [0.15, 0.2) is 0 Å². The average molecular weight is 267 g/mol. The summed E-state index contributed by atoms with van der Waals surface area (Å²) >= 11 is 0. The molecule has 1 saturated heterocycles. The Balaban J connectivity index is 2.10. The molecule has 0 aromatic heterocycles. The summed E-state index contributed by atoms with van der Waals surface area (Å²) in [6.45, 7) is 6.82. The van der Waals surface area contributed by atoms with Gasteiger partial charge in [0, 0.05) is 19.6 Å². The highest BCUT2D eigenvalue weighted by atomic mass is 19.1. The Labute approximate surface area is 113 Å². The van der Waals surface area contributed by atoms with Gasteiger partial charge in [0.05, 0.1) is 12.2 Å². The molecular weight excluding hydrogens is 248 g/mol. The van der Waals surface area contributed by atoms with Crippen molar-refractivity contribution in [1.29, 1.82) is 0 Å². The second kappa shape index (κ2) is 5.59. The van der Waals surface area contributed by atoms with Gasteiger partial charge in [-0.15, -0.1) is 0 Å². The number of hydrogen-bond donors (Lipinski definition) is 2. The van der Waals surface area contributed by atoms with E-state index in [9.17, 15) is 4.39 Å². The Hall–Kier alpha value is -0.945. The second-order valence-corrected chi connectivity index (χ2v) is 5.59. The molecule has 0 unspecified atom stereocenters. The van der Waals surface area contributed by atoms with Gasteiger partial charge in [-0.05, 0) is 37.0 Å². The summed E-state index contributed by atoms with van der Waals surface area (Å²) in [5, 5.41) is 18.2. The molecule has 1 aromatic carbocycles. The number of nitrogens with zero attached hydrogens (tertiary/aromatic N) is 1. The van der Waals surface area contributed by atoms with Crippen LogP contribution in [0.5, 0.6) is 0 Å². The van der Waals surface area contributed by atoms with Crippen molar-refractivity contribution in [3.63, 3.8) is 0 Å². The maximum absolute atomic E-state index is 13.4. The molecule has 0 saturated carbocycles.